The number of ether oxygens (including phenoxy) is 1. The molecule has 0 atom stereocenters. The summed E-state index contributed by atoms with van der Waals surface area (Å²) in [6, 6.07) is 15.6. The van der Waals surface area contributed by atoms with Gasteiger partial charge in [0.1, 0.15) is 0 Å². The molecular weight excluding hydrogens is 262 g/mol. The number of rotatable bonds is 1. The van der Waals surface area contributed by atoms with Gasteiger partial charge in [0, 0.05) is 17.0 Å². The van der Waals surface area contributed by atoms with Crippen LogP contribution in [0.3, 0.4) is 0 Å². The molecule has 0 amide bonds. The summed E-state index contributed by atoms with van der Waals surface area (Å²) in [7, 11) is 1.58. The van der Waals surface area contributed by atoms with E-state index in [9.17, 15) is 4.79 Å². The first-order valence-corrected chi connectivity index (χ1v) is 6.87. The van der Waals surface area contributed by atoms with Crippen LogP contribution in [0.2, 0.25) is 0 Å². The Hall–Kier alpha value is -2.68. The lowest BCUT2D eigenvalue weighted by Gasteiger charge is -2.19. The van der Waals surface area contributed by atoms with Gasteiger partial charge in [-0.05, 0) is 23.6 Å². The Morgan fingerprint density at radius 2 is 1.81 bits per heavy atom. The minimum absolute atomic E-state index is 0.0539. The molecule has 0 bridgehead atoms. The maximum Gasteiger partial charge on any atom is 0.213 e. The lowest BCUT2D eigenvalue weighted by atomic mass is 9.84. The average Bonchev–Trinajstić information content (AvgIpc) is 2.54. The van der Waals surface area contributed by atoms with E-state index in [-0.39, 0.29) is 5.78 Å². The maximum atomic E-state index is 12.8. The maximum absolute atomic E-state index is 12.8. The zero-order valence-corrected chi connectivity index (χ0v) is 11.6. The zero-order valence-electron chi connectivity index (χ0n) is 11.6. The topological polar surface area (TPSA) is 39.2 Å². The van der Waals surface area contributed by atoms with Gasteiger partial charge in [-0.1, -0.05) is 36.4 Å². The van der Waals surface area contributed by atoms with Crippen molar-refractivity contribution < 1.29 is 9.53 Å². The van der Waals surface area contributed by atoms with Crippen molar-refractivity contribution in [3.8, 4) is 5.88 Å². The van der Waals surface area contributed by atoms with Crippen molar-refractivity contribution in [3.05, 3.63) is 70.8 Å². The number of methoxy groups -OCH3 is 1. The molecule has 0 N–H and O–H groups in total. The zero-order chi connectivity index (χ0) is 14.4. The fourth-order valence-electron chi connectivity index (χ4n) is 2.96. The SMILES string of the molecule is COc1ccc2ccc3c(c2n1)C(=O)c1ccccc1C3. The second kappa shape index (κ2) is 4.42. The molecule has 102 valence electrons. The van der Waals surface area contributed by atoms with Crippen LogP contribution in [0, 0.1) is 0 Å². The Morgan fingerprint density at radius 3 is 2.67 bits per heavy atom. The fraction of sp³-hybridized carbons (Fsp3) is 0.111. The molecule has 0 saturated carbocycles. The van der Waals surface area contributed by atoms with Gasteiger partial charge in [0.15, 0.2) is 5.78 Å². The number of aromatic nitrogens is 1. The highest BCUT2D eigenvalue weighted by Crippen LogP contribution is 2.32. The molecule has 0 aliphatic heterocycles. The predicted molar refractivity (Wildman–Crippen MR) is 81.0 cm³/mol. The van der Waals surface area contributed by atoms with Crippen LogP contribution < -0.4 is 4.74 Å². The van der Waals surface area contributed by atoms with Gasteiger partial charge < -0.3 is 4.74 Å². The van der Waals surface area contributed by atoms with E-state index in [2.05, 4.69) is 4.98 Å². The van der Waals surface area contributed by atoms with Gasteiger partial charge in [-0.3, -0.25) is 4.79 Å². The minimum atomic E-state index is 0.0539. The van der Waals surface area contributed by atoms with Crippen molar-refractivity contribution in [2.45, 2.75) is 6.42 Å². The monoisotopic (exact) mass is 275 g/mol. The van der Waals surface area contributed by atoms with Crippen LogP contribution in [0.5, 0.6) is 5.88 Å². The van der Waals surface area contributed by atoms with E-state index in [0.717, 1.165) is 34.0 Å². The van der Waals surface area contributed by atoms with Crippen molar-refractivity contribution in [1.29, 1.82) is 0 Å². The van der Waals surface area contributed by atoms with Crippen LogP contribution in [-0.4, -0.2) is 17.9 Å². The van der Waals surface area contributed by atoms with Crippen molar-refractivity contribution in [2.24, 2.45) is 0 Å². The molecular formula is C18H13NO2. The summed E-state index contributed by atoms with van der Waals surface area (Å²) in [5.41, 5.74) is 4.34. The number of hydrogen-bond donors (Lipinski definition) is 0. The van der Waals surface area contributed by atoms with Crippen LogP contribution in [0.1, 0.15) is 27.0 Å². The third-order valence-electron chi connectivity index (χ3n) is 4.00. The van der Waals surface area contributed by atoms with Gasteiger partial charge in [-0.15, -0.1) is 0 Å². The molecule has 1 aromatic heterocycles. The number of ketones is 1. The Balaban J connectivity index is 2.03. The van der Waals surface area contributed by atoms with Gasteiger partial charge >= 0.3 is 0 Å². The molecule has 3 aromatic rings. The molecule has 0 spiro atoms. The van der Waals surface area contributed by atoms with Crippen LogP contribution in [0.4, 0.5) is 0 Å². The van der Waals surface area contributed by atoms with Gasteiger partial charge in [0.2, 0.25) is 5.88 Å². The highest BCUT2D eigenvalue weighted by atomic mass is 16.5. The van der Waals surface area contributed by atoms with Crippen LogP contribution in [-0.2, 0) is 6.42 Å². The molecule has 3 heteroatoms. The van der Waals surface area contributed by atoms with E-state index in [1.54, 1.807) is 7.11 Å². The molecule has 21 heavy (non-hydrogen) atoms. The second-order valence-electron chi connectivity index (χ2n) is 5.19. The van der Waals surface area contributed by atoms with E-state index in [0.29, 0.717) is 11.4 Å². The number of nitrogens with zero attached hydrogens (tertiary/aromatic N) is 1. The summed E-state index contributed by atoms with van der Waals surface area (Å²) >= 11 is 0. The van der Waals surface area contributed by atoms with Crippen LogP contribution >= 0.6 is 0 Å². The van der Waals surface area contributed by atoms with E-state index in [1.807, 2.05) is 48.5 Å². The van der Waals surface area contributed by atoms with Gasteiger partial charge in [-0.2, -0.15) is 0 Å². The largest absolute Gasteiger partial charge is 0.481 e. The summed E-state index contributed by atoms with van der Waals surface area (Å²) in [6.45, 7) is 0. The number of carbonyl (C=O) groups is 1. The smallest absolute Gasteiger partial charge is 0.213 e. The standard InChI is InChI=1S/C18H13NO2/c1-21-15-9-8-11-6-7-13-10-12-4-2-3-5-14(12)18(20)16(13)17(11)19-15/h2-9H,10H2,1H3. The molecule has 1 aliphatic rings. The van der Waals surface area contributed by atoms with Crippen molar-refractivity contribution >= 4 is 16.7 Å². The lowest BCUT2D eigenvalue weighted by molar-refractivity contribution is 0.103. The van der Waals surface area contributed by atoms with Crippen molar-refractivity contribution in [3.63, 3.8) is 0 Å². The minimum Gasteiger partial charge on any atom is -0.481 e. The number of pyridine rings is 1. The lowest BCUT2D eigenvalue weighted by Crippen LogP contribution is -2.15. The summed E-state index contributed by atoms with van der Waals surface area (Å²) in [5, 5.41) is 0.960. The quantitative estimate of drug-likeness (QED) is 0.534. The normalized spacial score (nSPS) is 12.9. The highest BCUT2D eigenvalue weighted by Gasteiger charge is 2.25. The fourth-order valence-corrected chi connectivity index (χ4v) is 2.96. The van der Waals surface area contributed by atoms with Gasteiger partial charge in [0.25, 0.3) is 0 Å². The van der Waals surface area contributed by atoms with Crippen LogP contribution in [0.25, 0.3) is 10.9 Å². The number of benzene rings is 2. The first kappa shape index (κ1) is 12.1. The molecule has 4 rings (SSSR count). The summed E-state index contributed by atoms with van der Waals surface area (Å²) < 4.78 is 5.20. The predicted octanol–water partition coefficient (Wildman–Crippen LogP) is 3.38. The summed E-state index contributed by atoms with van der Waals surface area (Å²) in [6.07, 6.45) is 0.770. The first-order valence-electron chi connectivity index (χ1n) is 6.87. The molecule has 1 aliphatic carbocycles. The Bertz CT molecular complexity index is 884. The molecule has 2 aromatic carbocycles. The Morgan fingerprint density at radius 1 is 1.00 bits per heavy atom. The molecule has 0 radical (unpaired) electrons. The average molecular weight is 275 g/mol. The Labute approximate surface area is 122 Å². The third-order valence-corrected chi connectivity index (χ3v) is 4.00. The molecule has 0 saturated heterocycles. The molecule has 0 fully saturated rings. The number of hydrogen-bond acceptors (Lipinski definition) is 3. The van der Waals surface area contributed by atoms with Gasteiger partial charge in [-0.25, -0.2) is 4.98 Å². The number of fused-ring (bicyclic) bond motifs is 4. The molecule has 1 heterocycles. The Kier molecular flexibility index (Phi) is 2.54. The van der Waals surface area contributed by atoms with E-state index < -0.39 is 0 Å². The first-order chi connectivity index (χ1) is 10.3. The molecule has 0 unspecified atom stereocenters. The number of carbonyl (C=O) groups excluding carboxylic acids is 1. The third kappa shape index (κ3) is 1.74. The summed E-state index contributed by atoms with van der Waals surface area (Å²) in [5.74, 6) is 0.584. The van der Waals surface area contributed by atoms with Crippen LogP contribution in [0.15, 0.2) is 48.5 Å². The van der Waals surface area contributed by atoms with Crippen molar-refractivity contribution in [2.75, 3.05) is 7.11 Å². The van der Waals surface area contributed by atoms with Gasteiger partial charge in [0.05, 0.1) is 18.2 Å². The van der Waals surface area contributed by atoms with E-state index >= 15 is 0 Å². The van der Waals surface area contributed by atoms with Crippen molar-refractivity contribution in [1.82, 2.24) is 4.98 Å². The molecule has 3 nitrogen and oxygen atoms in total. The summed E-state index contributed by atoms with van der Waals surface area (Å²) in [4.78, 5) is 17.3. The second-order valence-corrected chi connectivity index (χ2v) is 5.19. The van der Waals surface area contributed by atoms with E-state index in [4.69, 9.17) is 4.74 Å². The highest BCUT2D eigenvalue weighted by molar-refractivity contribution is 6.18. The van der Waals surface area contributed by atoms with E-state index in [1.165, 1.54) is 0 Å².